The van der Waals surface area contributed by atoms with Crippen LogP contribution < -0.4 is 4.74 Å². The number of methoxy groups -OCH3 is 1. The third-order valence-electron chi connectivity index (χ3n) is 5.30. The van der Waals surface area contributed by atoms with E-state index in [0.717, 1.165) is 56.4 Å². The van der Waals surface area contributed by atoms with E-state index in [-0.39, 0.29) is 17.9 Å². The average Bonchev–Trinajstić information content (AvgIpc) is 3.10. The number of piperidine rings is 1. The first-order valence-electron chi connectivity index (χ1n) is 9.05. The zero-order valence-corrected chi connectivity index (χ0v) is 14.5. The van der Waals surface area contributed by atoms with Gasteiger partial charge in [0, 0.05) is 18.0 Å². The second kappa shape index (κ2) is 6.86. The number of amides is 1. The Morgan fingerprint density at radius 2 is 2.12 bits per heavy atom. The average molecular weight is 341 g/mol. The molecule has 6 nitrogen and oxygen atoms in total. The molecule has 1 aliphatic heterocycles. The maximum Gasteiger partial charge on any atom is 0.249 e. The molecule has 1 aromatic carbocycles. The lowest BCUT2D eigenvalue weighted by Crippen LogP contribution is -2.43. The first kappa shape index (κ1) is 16.1. The van der Waals surface area contributed by atoms with E-state index in [1.54, 1.807) is 7.11 Å². The van der Waals surface area contributed by atoms with Gasteiger partial charge in [-0.05, 0) is 44.2 Å². The predicted molar refractivity (Wildman–Crippen MR) is 91.9 cm³/mol. The molecule has 1 aliphatic carbocycles. The molecule has 0 N–H and O–H groups in total. The Bertz CT molecular complexity index is 754. The van der Waals surface area contributed by atoms with Gasteiger partial charge in [-0.2, -0.15) is 4.98 Å². The van der Waals surface area contributed by atoms with Crippen molar-refractivity contribution in [1.82, 2.24) is 15.0 Å². The minimum atomic E-state index is -0.0892. The van der Waals surface area contributed by atoms with Crippen LogP contribution in [0.25, 0.3) is 11.4 Å². The Hall–Kier alpha value is -2.37. The van der Waals surface area contributed by atoms with E-state index in [2.05, 4.69) is 10.1 Å². The molecular weight excluding hydrogens is 318 g/mol. The minimum Gasteiger partial charge on any atom is -0.497 e. The highest BCUT2D eigenvalue weighted by Gasteiger charge is 2.37. The number of carbonyl (C=O) groups excluding carboxylic acids is 1. The van der Waals surface area contributed by atoms with Crippen molar-refractivity contribution in [3.8, 4) is 17.1 Å². The van der Waals surface area contributed by atoms with E-state index < -0.39 is 0 Å². The SMILES string of the molecule is COc1cccc(-c2noc([C@H]3CCCCN3C(=O)C3CCC3)n2)c1. The molecule has 1 amide bonds. The van der Waals surface area contributed by atoms with Crippen LogP contribution in [0.5, 0.6) is 5.75 Å². The van der Waals surface area contributed by atoms with E-state index in [1.165, 1.54) is 0 Å². The van der Waals surface area contributed by atoms with Crippen molar-refractivity contribution < 1.29 is 14.1 Å². The van der Waals surface area contributed by atoms with Gasteiger partial charge in [-0.1, -0.05) is 23.7 Å². The van der Waals surface area contributed by atoms with Crippen molar-refractivity contribution in [2.24, 2.45) is 5.92 Å². The van der Waals surface area contributed by atoms with Gasteiger partial charge in [-0.15, -0.1) is 0 Å². The fraction of sp³-hybridized carbons (Fsp3) is 0.526. The van der Waals surface area contributed by atoms with Gasteiger partial charge < -0.3 is 14.2 Å². The van der Waals surface area contributed by atoms with Crippen LogP contribution in [0.15, 0.2) is 28.8 Å². The first-order chi connectivity index (χ1) is 12.3. The van der Waals surface area contributed by atoms with E-state index in [1.807, 2.05) is 29.2 Å². The van der Waals surface area contributed by atoms with Crippen molar-refractivity contribution in [2.75, 3.05) is 13.7 Å². The summed E-state index contributed by atoms with van der Waals surface area (Å²) in [6.07, 6.45) is 6.21. The Balaban J connectivity index is 1.57. The van der Waals surface area contributed by atoms with Crippen LogP contribution in [0.1, 0.15) is 50.5 Å². The number of likely N-dealkylation sites (tertiary alicyclic amines) is 1. The normalized spacial score (nSPS) is 21.0. The molecule has 0 radical (unpaired) electrons. The van der Waals surface area contributed by atoms with E-state index in [4.69, 9.17) is 9.26 Å². The smallest absolute Gasteiger partial charge is 0.249 e. The van der Waals surface area contributed by atoms with Crippen LogP contribution in [0.3, 0.4) is 0 Å². The lowest BCUT2D eigenvalue weighted by atomic mass is 9.83. The van der Waals surface area contributed by atoms with Crippen molar-refractivity contribution in [1.29, 1.82) is 0 Å². The van der Waals surface area contributed by atoms with Crippen LogP contribution in [0, 0.1) is 5.92 Å². The Labute approximate surface area is 147 Å². The van der Waals surface area contributed by atoms with E-state index >= 15 is 0 Å². The molecule has 2 aliphatic rings. The van der Waals surface area contributed by atoms with Crippen LogP contribution in [-0.4, -0.2) is 34.6 Å². The number of ether oxygens (including phenoxy) is 1. The molecule has 0 spiro atoms. The lowest BCUT2D eigenvalue weighted by Gasteiger charge is -2.38. The number of hydrogen-bond acceptors (Lipinski definition) is 5. The molecule has 1 saturated heterocycles. The number of nitrogens with zero attached hydrogens (tertiary/aromatic N) is 3. The van der Waals surface area contributed by atoms with Crippen molar-refractivity contribution in [2.45, 2.75) is 44.6 Å². The quantitative estimate of drug-likeness (QED) is 0.850. The second-order valence-corrected chi connectivity index (χ2v) is 6.86. The van der Waals surface area contributed by atoms with Crippen LogP contribution in [0.2, 0.25) is 0 Å². The molecule has 0 bridgehead atoms. The number of benzene rings is 1. The molecule has 1 atom stereocenters. The zero-order chi connectivity index (χ0) is 17.2. The van der Waals surface area contributed by atoms with Gasteiger partial charge >= 0.3 is 0 Å². The van der Waals surface area contributed by atoms with Gasteiger partial charge in [-0.25, -0.2) is 0 Å². The monoisotopic (exact) mass is 341 g/mol. The summed E-state index contributed by atoms with van der Waals surface area (Å²) in [6.45, 7) is 0.789. The van der Waals surface area contributed by atoms with Crippen LogP contribution in [0.4, 0.5) is 0 Å². The standard InChI is InChI=1S/C19H23N3O3/c1-24-15-9-5-8-14(12-15)17-20-18(25-21-17)16-10-2-3-11-22(16)19(23)13-6-4-7-13/h5,8-9,12-13,16H,2-4,6-7,10-11H2,1H3/t16-/m1/s1. The van der Waals surface area contributed by atoms with E-state index in [0.29, 0.717) is 11.7 Å². The molecule has 6 heteroatoms. The molecule has 25 heavy (non-hydrogen) atoms. The number of hydrogen-bond donors (Lipinski definition) is 0. The topological polar surface area (TPSA) is 68.5 Å². The summed E-state index contributed by atoms with van der Waals surface area (Å²) in [4.78, 5) is 19.3. The number of aromatic nitrogens is 2. The molecule has 2 heterocycles. The fourth-order valence-electron chi connectivity index (χ4n) is 3.59. The summed E-state index contributed by atoms with van der Waals surface area (Å²) in [5.41, 5.74) is 0.849. The first-order valence-corrected chi connectivity index (χ1v) is 9.05. The maximum atomic E-state index is 12.7. The number of carbonyl (C=O) groups is 1. The highest BCUT2D eigenvalue weighted by atomic mass is 16.5. The highest BCUT2D eigenvalue weighted by Crippen LogP contribution is 2.36. The Kier molecular flexibility index (Phi) is 4.42. The highest BCUT2D eigenvalue weighted by molar-refractivity contribution is 5.80. The molecule has 4 rings (SSSR count). The predicted octanol–water partition coefficient (Wildman–Crippen LogP) is 3.60. The summed E-state index contributed by atoms with van der Waals surface area (Å²) in [6, 6.07) is 7.50. The molecule has 2 fully saturated rings. The lowest BCUT2D eigenvalue weighted by molar-refractivity contribution is -0.142. The van der Waals surface area contributed by atoms with Gasteiger partial charge in [0.1, 0.15) is 11.8 Å². The van der Waals surface area contributed by atoms with Gasteiger partial charge in [-0.3, -0.25) is 4.79 Å². The Morgan fingerprint density at radius 3 is 2.88 bits per heavy atom. The minimum absolute atomic E-state index is 0.0892. The molecule has 2 aromatic rings. The zero-order valence-electron chi connectivity index (χ0n) is 14.5. The van der Waals surface area contributed by atoms with Gasteiger partial charge in [0.05, 0.1) is 7.11 Å². The van der Waals surface area contributed by atoms with Crippen LogP contribution >= 0.6 is 0 Å². The fourth-order valence-corrected chi connectivity index (χ4v) is 3.59. The molecule has 1 aromatic heterocycles. The number of rotatable bonds is 4. The summed E-state index contributed by atoms with van der Waals surface area (Å²) >= 11 is 0. The summed E-state index contributed by atoms with van der Waals surface area (Å²) in [5, 5.41) is 4.13. The van der Waals surface area contributed by atoms with Crippen LogP contribution in [-0.2, 0) is 4.79 Å². The van der Waals surface area contributed by atoms with E-state index in [9.17, 15) is 4.79 Å². The van der Waals surface area contributed by atoms with Crippen molar-refractivity contribution >= 4 is 5.91 Å². The summed E-state index contributed by atoms with van der Waals surface area (Å²) in [7, 11) is 1.63. The largest absolute Gasteiger partial charge is 0.497 e. The third-order valence-corrected chi connectivity index (χ3v) is 5.30. The van der Waals surface area contributed by atoms with Gasteiger partial charge in [0.15, 0.2) is 0 Å². The van der Waals surface area contributed by atoms with Gasteiger partial charge in [0.25, 0.3) is 0 Å². The maximum absolute atomic E-state index is 12.7. The molecule has 132 valence electrons. The summed E-state index contributed by atoms with van der Waals surface area (Å²) < 4.78 is 10.8. The molecule has 1 saturated carbocycles. The molecular formula is C19H23N3O3. The van der Waals surface area contributed by atoms with Crippen molar-refractivity contribution in [3.05, 3.63) is 30.2 Å². The van der Waals surface area contributed by atoms with Crippen molar-refractivity contribution in [3.63, 3.8) is 0 Å². The third kappa shape index (κ3) is 3.13. The Morgan fingerprint density at radius 1 is 1.24 bits per heavy atom. The molecule has 0 unspecified atom stereocenters. The second-order valence-electron chi connectivity index (χ2n) is 6.86. The van der Waals surface area contributed by atoms with Gasteiger partial charge in [0.2, 0.25) is 17.6 Å². The summed E-state index contributed by atoms with van der Waals surface area (Å²) in [5.74, 6) is 2.29.